The third kappa shape index (κ3) is 2.18. The number of hydrogen-bond donors (Lipinski definition) is 1. The summed E-state index contributed by atoms with van der Waals surface area (Å²) >= 11 is 0. The molecule has 4 aromatic heterocycles. The van der Waals surface area contributed by atoms with Crippen LogP contribution in [0.15, 0.2) is 49.2 Å². The van der Waals surface area contributed by atoms with Crippen molar-refractivity contribution in [2.45, 2.75) is 31.6 Å². The summed E-state index contributed by atoms with van der Waals surface area (Å²) in [5.74, 6) is 3.47. The molecule has 11 rings (SSSR count). The van der Waals surface area contributed by atoms with Crippen molar-refractivity contribution in [1.82, 2.24) is 34.7 Å². The highest BCUT2D eigenvalue weighted by molar-refractivity contribution is 5.63. The van der Waals surface area contributed by atoms with Gasteiger partial charge in [-0.3, -0.25) is 4.98 Å². The van der Waals surface area contributed by atoms with Crippen LogP contribution in [0.5, 0.6) is 0 Å². The maximum absolute atomic E-state index is 14.6. The van der Waals surface area contributed by atoms with Crippen LogP contribution >= 0.6 is 0 Å². The summed E-state index contributed by atoms with van der Waals surface area (Å²) in [6.45, 7) is 4.65. The Kier molecular flexibility index (Phi) is 3.59. The smallest absolute Gasteiger partial charge is 0.137 e. The van der Waals surface area contributed by atoms with Crippen molar-refractivity contribution < 1.29 is 4.39 Å². The van der Waals surface area contributed by atoms with Crippen LogP contribution in [0.2, 0.25) is 0 Å². The molecular formula is C29H29FN8. The fourth-order valence-electron chi connectivity index (χ4n) is 10.1. The highest BCUT2D eigenvalue weighted by Gasteiger charge is 3.10. The van der Waals surface area contributed by atoms with Gasteiger partial charge in [0.15, 0.2) is 0 Å². The molecule has 0 radical (unpaired) electrons. The van der Waals surface area contributed by atoms with Crippen molar-refractivity contribution in [2.75, 3.05) is 24.5 Å². The molecule has 38 heavy (non-hydrogen) atoms. The molecule has 6 aliphatic carbocycles. The van der Waals surface area contributed by atoms with E-state index in [4.69, 9.17) is 4.98 Å². The van der Waals surface area contributed by atoms with Crippen LogP contribution in [0, 0.1) is 40.9 Å². The number of fused-ring (bicyclic) bond motifs is 1. The summed E-state index contributed by atoms with van der Waals surface area (Å²) in [5.41, 5.74) is 5.88. The number of aromatic nitrogens is 6. The third-order valence-electron chi connectivity index (χ3n) is 11.4. The average molecular weight is 509 g/mol. The number of nitrogens with one attached hydrogen (secondary N) is 1. The normalized spacial score (nSPS) is 38.3. The van der Waals surface area contributed by atoms with Gasteiger partial charge in [0, 0.05) is 68.1 Å². The Bertz CT molecular complexity index is 1580. The Morgan fingerprint density at radius 2 is 1.79 bits per heavy atom. The van der Waals surface area contributed by atoms with Gasteiger partial charge in [0.05, 0.1) is 30.3 Å². The van der Waals surface area contributed by atoms with E-state index < -0.39 is 5.67 Å². The van der Waals surface area contributed by atoms with E-state index in [1.54, 1.807) is 0 Å². The lowest BCUT2D eigenvalue weighted by Crippen LogP contribution is -3.12. The standard InChI is InChI=1S/C29H29FN8/c30-29-25-22-26(29)24-27(29)23(25)28(22,24)15-32-8-16-3-4-21-33-18(12-37(21)11-16)13-38-14-20(34-35-38)17-7-19(10-31-9-17)36-5-1-2-6-36/h3-4,7,9-12,14,22-27,32H,1-2,5-6,8,13,15H2. The van der Waals surface area contributed by atoms with Gasteiger partial charge in [-0.15, -0.1) is 5.10 Å². The predicted octanol–water partition coefficient (Wildman–Crippen LogP) is 3.19. The minimum Gasteiger partial charge on any atom is -0.370 e. The molecule has 1 N–H and O–H groups in total. The number of anilines is 1. The first-order valence-corrected chi connectivity index (χ1v) is 14.1. The second-order valence-corrected chi connectivity index (χ2v) is 12.7. The lowest BCUT2D eigenvalue weighted by atomic mass is 8.95. The van der Waals surface area contributed by atoms with Gasteiger partial charge in [0.1, 0.15) is 17.0 Å². The summed E-state index contributed by atoms with van der Waals surface area (Å²) in [7, 11) is 0. The molecule has 1 aliphatic heterocycles. The lowest BCUT2D eigenvalue weighted by Gasteiger charge is -3.09. The highest BCUT2D eigenvalue weighted by Crippen LogP contribution is 3.07. The zero-order valence-electron chi connectivity index (χ0n) is 21.0. The molecule has 7 aliphatic rings. The summed E-state index contributed by atoms with van der Waals surface area (Å²) in [6.07, 6.45) is 12.5. The van der Waals surface area contributed by atoms with E-state index in [1.807, 2.05) is 23.3 Å². The van der Waals surface area contributed by atoms with E-state index in [1.165, 1.54) is 18.4 Å². The van der Waals surface area contributed by atoms with Crippen molar-refractivity contribution in [3.63, 3.8) is 0 Å². The van der Waals surface area contributed by atoms with Crippen LogP contribution in [-0.4, -0.2) is 54.7 Å². The SMILES string of the molecule is FC12C3C4C1C1C2C3C41CNCc1ccc2nc(Cn3cc(-c4cncc(N5CCCC5)c4)nn3)cn2c1. The van der Waals surface area contributed by atoms with Crippen molar-refractivity contribution in [3.8, 4) is 11.3 Å². The van der Waals surface area contributed by atoms with Gasteiger partial charge in [-0.2, -0.15) is 0 Å². The number of rotatable bonds is 8. The number of imidazole rings is 1. The number of pyridine rings is 2. The Morgan fingerprint density at radius 1 is 0.974 bits per heavy atom. The first-order valence-electron chi connectivity index (χ1n) is 14.1. The van der Waals surface area contributed by atoms with Crippen molar-refractivity contribution in [2.24, 2.45) is 40.9 Å². The minimum absolute atomic E-state index is 0.447. The van der Waals surface area contributed by atoms with Crippen molar-refractivity contribution in [3.05, 3.63) is 60.4 Å². The zero-order valence-corrected chi connectivity index (χ0v) is 21.0. The summed E-state index contributed by atoms with van der Waals surface area (Å²) in [6, 6.07) is 6.40. The molecule has 6 saturated carbocycles. The van der Waals surface area contributed by atoms with Crippen LogP contribution in [-0.2, 0) is 13.1 Å². The summed E-state index contributed by atoms with van der Waals surface area (Å²) < 4.78 is 18.5. The Morgan fingerprint density at radius 3 is 2.61 bits per heavy atom. The minimum atomic E-state index is -0.685. The molecule has 8 nitrogen and oxygen atoms in total. The number of nitrogens with zero attached hydrogens (tertiary/aromatic N) is 7. The fourth-order valence-corrected chi connectivity index (χ4v) is 10.1. The van der Waals surface area contributed by atoms with E-state index in [2.05, 4.69) is 60.5 Å². The van der Waals surface area contributed by atoms with E-state index in [0.29, 0.717) is 47.5 Å². The maximum atomic E-state index is 14.6. The van der Waals surface area contributed by atoms with Crippen LogP contribution in [0.4, 0.5) is 10.1 Å². The first kappa shape index (κ1) is 20.6. The molecule has 5 heterocycles. The van der Waals surface area contributed by atoms with Gasteiger partial charge in [-0.1, -0.05) is 11.3 Å². The maximum Gasteiger partial charge on any atom is 0.137 e. The second kappa shape index (κ2) is 6.62. The molecule has 0 amide bonds. The van der Waals surface area contributed by atoms with Crippen LogP contribution in [0.3, 0.4) is 0 Å². The molecule has 0 bridgehead atoms. The van der Waals surface area contributed by atoms with Gasteiger partial charge in [-0.25, -0.2) is 14.1 Å². The Labute approximate surface area is 219 Å². The van der Waals surface area contributed by atoms with E-state index >= 15 is 0 Å². The Balaban J connectivity index is 0.811. The molecule has 1 saturated heterocycles. The molecule has 4 aromatic rings. The van der Waals surface area contributed by atoms with Crippen molar-refractivity contribution in [1.29, 1.82) is 0 Å². The second-order valence-electron chi connectivity index (χ2n) is 12.7. The van der Waals surface area contributed by atoms with Gasteiger partial charge in [0.2, 0.25) is 0 Å². The van der Waals surface area contributed by atoms with Crippen LogP contribution < -0.4 is 10.2 Å². The van der Waals surface area contributed by atoms with Crippen LogP contribution in [0.25, 0.3) is 16.9 Å². The topological polar surface area (TPSA) is 76.2 Å². The molecular weight excluding hydrogens is 479 g/mol. The molecule has 9 heteroatoms. The average Bonchev–Trinajstić information content (AvgIpc) is 3.72. The molecule has 0 atom stereocenters. The quantitative estimate of drug-likeness (QED) is 0.394. The van der Waals surface area contributed by atoms with E-state index in [0.717, 1.165) is 54.5 Å². The predicted molar refractivity (Wildman–Crippen MR) is 138 cm³/mol. The summed E-state index contributed by atoms with van der Waals surface area (Å²) in [5, 5.41) is 12.5. The number of halogens is 1. The highest BCUT2D eigenvalue weighted by atomic mass is 19.1. The van der Waals surface area contributed by atoms with E-state index in [-0.39, 0.29) is 0 Å². The molecule has 0 aromatic carbocycles. The van der Waals surface area contributed by atoms with Crippen molar-refractivity contribution >= 4 is 11.3 Å². The molecule has 0 spiro atoms. The largest absolute Gasteiger partial charge is 0.370 e. The summed E-state index contributed by atoms with van der Waals surface area (Å²) in [4.78, 5) is 11.6. The fraction of sp³-hybridized carbons (Fsp3) is 0.517. The van der Waals surface area contributed by atoms with E-state index in [9.17, 15) is 4.39 Å². The Hall–Kier alpha value is -3.33. The first-order chi connectivity index (χ1) is 18.7. The molecule has 192 valence electrons. The van der Waals surface area contributed by atoms with Gasteiger partial charge in [0.25, 0.3) is 0 Å². The number of alkyl halides is 1. The number of hydrogen-bond acceptors (Lipinski definition) is 6. The van der Waals surface area contributed by atoms with Gasteiger partial charge in [-0.05, 0) is 53.7 Å². The lowest BCUT2D eigenvalue weighted by molar-refractivity contribution is -0.645. The third-order valence-corrected chi connectivity index (χ3v) is 11.4. The van der Waals surface area contributed by atoms with Gasteiger partial charge >= 0.3 is 0 Å². The van der Waals surface area contributed by atoms with Crippen LogP contribution in [0.1, 0.15) is 24.1 Å². The zero-order chi connectivity index (χ0) is 24.8. The molecule has 7 fully saturated rings. The monoisotopic (exact) mass is 508 g/mol. The molecule has 0 unspecified atom stereocenters. The van der Waals surface area contributed by atoms with Gasteiger partial charge < -0.3 is 14.6 Å².